The Bertz CT molecular complexity index is 1070. The number of halogens is 2. The third kappa shape index (κ3) is 3.76. The van der Waals surface area contributed by atoms with Gasteiger partial charge in [0.25, 0.3) is 5.56 Å². The molecule has 3 rings (SSSR count). The number of ether oxygens (including phenoxy) is 1. The molecule has 0 amide bonds. The highest BCUT2D eigenvalue weighted by molar-refractivity contribution is 6.30. The van der Waals surface area contributed by atoms with E-state index in [9.17, 15) is 14.4 Å². The van der Waals surface area contributed by atoms with E-state index >= 15 is 0 Å². The first-order valence-corrected chi connectivity index (χ1v) is 8.17. The van der Waals surface area contributed by atoms with Crippen molar-refractivity contribution in [1.29, 1.82) is 5.26 Å². The zero-order valence-corrected chi connectivity index (χ0v) is 14.6. The van der Waals surface area contributed by atoms with Gasteiger partial charge in [-0.25, -0.2) is 4.39 Å². The minimum atomic E-state index is -0.577. The van der Waals surface area contributed by atoms with Crippen molar-refractivity contribution in [2.24, 2.45) is 0 Å². The summed E-state index contributed by atoms with van der Waals surface area (Å²) in [5.74, 6) is -0.500. The van der Waals surface area contributed by atoms with E-state index in [0.29, 0.717) is 21.8 Å². The van der Waals surface area contributed by atoms with Crippen molar-refractivity contribution < 1.29 is 9.13 Å². The first-order valence-electron chi connectivity index (χ1n) is 7.79. The molecule has 0 aliphatic rings. The number of aromatic amines is 1. The van der Waals surface area contributed by atoms with E-state index < -0.39 is 11.4 Å². The first kappa shape index (κ1) is 17.7. The van der Waals surface area contributed by atoms with E-state index in [4.69, 9.17) is 16.3 Å². The molecule has 0 fully saturated rings. The SMILES string of the molecule is Cc1cc(-c2ccc(OCc3cccc(Cl)c3)c(F)c2)c(C#N)c(=O)[nH]1. The Kier molecular flexibility index (Phi) is 5.06. The zero-order chi connectivity index (χ0) is 18.7. The van der Waals surface area contributed by atoms with Crippen molar-refractivity contribution in [3.63, 3.8) is 0 Å². The summed E-state index contributed by atoms with van der Waals surface area (Å²) in [7, 11) is 0. The quantitative estimate of drug-likeness (QED) is 0.732. The Morgan fingerprint density at radius 3 is 2.73 bits per heavy atom. The fourth-order valence-electron chi connectivity index (χ4n) is 2.60. The number of hydrogen-bond acceptors (Lipinski definition) is 3. The number of pyridine rings is 1. The van der Waals surface area contributed by atoms with E-state index in [1.54, 1.807) is 37.3 Å². The molecule has 6 heteroatoms. The number of H-pyrrole nitrogens is 1. The highest BCUT2D eigenvalue weighted by Crippen LogP contribution is 2.28. The van der Waals surface area contributed by atoms with Crippen molar-refractivity contribution in [2.75, 3.05) is 0 Å². The lowest BCUT2D eigenvalue weighted by Crippen LogP contribution is -2.12. The van der Waals surface area contributed by atoms with Crippen LogP contribution in [-0.2, 0) is 6.61 Å². The molecule has 130 valence electrons. The molecule has 1 aromatic heterocycles. The number of nitriles is 1. The average molecular weight is 369 g/mol. The predicted octanol–water partition coefficient (Wildman–Crippen LogP) is 4.59. The lowest BCUT2D eigenvalue weighted by atomic mass is 10.0. The Balaban J connectivity index is 1.89. The maximum atomic E-state index is 14.4. The van der Waals surface area contributed by atoms with Crippen LogP contribution in [0.1, 0.15) is 16.8 Å². The van der Waals surface area contributed by atoms with Gasteiger partial charge in [-0.1, -0.05) is 29.8 Å². The maximum absolute atomic E-state index is 14.4. The molecule has 4 nitrogen and oxygen atoms in total. The first-order chi connectivity index (χ1) is 12.5. The fourth-order valence-corrected chi connectivity index (χ4v) is 2.81. The molecule has 1 N–H and O–H groups in total. The summed E-state index contributed by atoms with van der Waals surface area (Å²) in [6, 6.07) is 15.0. The summed E-state index contributed by atoms with van der Waals surface area (Å²) in [5.41, 5.74) is 1.67. The molecule has 0 spiro atoms. The van der Waals surface area contributed by atoms with Crippen LogP contribution in [0.25, 0.3) is 11.1 Å². The molecular weight excluding hydrogens is 355 g/mol. The molecular formula is C20H14ClFN2O2. The van der Waals surface area contributed by atoms with Gasteiger partial charge in [0.1, 0.15) is 18.2 Å². The van der Waals surface area contributed by atoms with Gasteiger partial charge in [-0.15, -0.1) is 0 Å². The molecule has 1 heterocycles. The maximum Gasteiger partial charge on any atom is 0.266 e. The zero-order valence-electron chi connectivity index (χ0n) is 13.8. The molecule has 0 radical (unpaired) electrons. The van der Waals surface area contributed by atoms with Gasteiger partial charge < -0.3 is 9.72 Å². The molecule has 0 unspecified atom stereocenters. The topological polar surface area (TPSA) is 65.9 Å². The predicted molar refractivity (Wildman–Crippen MR) is 97.7 cm³/mol. The van der Waals surface area contributed by atoms with Gasteiger partial charge in [0.2, 0.25) is 0 Å². The Morgan fingerprint density at radius 1 is 1.23 bits per heavy atom. The second-order valence-electron chi connectivity index (χ2n) is 5.75. The second kappa shape index (κ2) is 7.42. The third-order valence-electron chi connectivity index (χ3n) is 3.81. The van der Waals surface area contributed by atoms with E-state index in [1.807, 2.05) is 12.1 Å². The van der Waals surface area contributed by atoms with E-state index in [1.165, 1.54) is 12.1 Å². The lowest BCUT2D eigenvalue weighted by molar-refractivity contribution is 0.290. The molecule has 0 aliphatic carbocycles. The van der Waals surface area contributed by atoms with E-state index in [-0.39, 0.29) is 17.9 Å². The summed E-state index contributed by atoms with van der Waals surface area (Å²) < 4.78 is 19.9. The number of aryl methyl sites for hydroxylation is 1. The van der Waals surface area contributed by atoms with Crippen molar-refractivity contribution in [3.05, 3.63) is 86.5 Å². The van der Waals surface area contributed by atoms with Gasteiger partial charge in [0.15, 0.2) is 11.6 Å². The number of aromatic nitrogens is 1. The molecule has 0 atom stereocenters. The Hall–Kier alpha value is -3.10. The third-order valence-corrected chi connectivity index (χ3v) is 4.04. The van der Waals surface area contributed by atoms with E-state index in [2.05, 4.69) is 4.98 Å². The van der Waals surface area contributed by atoms with Crippen LogP contribution in [0, 0.1) is 24.1 Å². The Labute approximate surface area is 154 Å². The van der Waals surface area contributed by atoms with Crippen molar-refractivity contribution in [2.45, 2.75) is 13.5 Å². The van der Waals surface area contributed by atoms with Crippen LogP contribution in [0.2, 0.25) is 5.02 Å². The summed E-state index contributed by atoms with van der Waals surface area (Å²) in [6.07, 6.45) is 0. The van der Waals surface area contributed by atoms with Crippen LogP contribution in [0.15, 0.2) is 53.3 Å². The van der Waals surface area contributed by atoms with Crippen molar-refractivity contribution in [3.8, 4) is 22.9 Å². The largest absolute Gasteiger partial charge is 0.486 e. The number of hydrogen-bond donors (Lipinski definition) is 1. The van der Waals surface area contributed by atoms with Gasteiger partial charge in [-0.2, -0.15) is 5.26 Å². The molecule has 0 saturated carbocycles. The smallest absolute Gasteiger partial charge is 0.266 e. The molecule has 2 aromatic carbocycles. The lowest BCUT2D eigenvalue weighted by Gasteiger charge is -2.10. The van der Waals surface area contributed by atoms with Crippen LogP contribution in [-0.4, -0.2) is 4.98 Å². The van der Waals surface area contributed by atoms with Crippen LogP contribution >= 0.6 is 11.6 Å². The molecule has 0 bridgehead atoms. The monoisotopic (exact) mass is 368 g/mol. The molecule has 0 aliphatic heterocycles. The summed E-state index contributed by atoms with van der Waals surface area (Å²) in [5, 5.41) is 9.79. The van der Waals surface area contributed by atoms with Gasteiger partial charge in [-0.3, -0.25) is 4.79 Å². The minimum Gasteiger partial charge on any atom is -0.486 e. The van der Waals surface area contributed by atoms with Gasteiger partial charge in [0.05, 0.1) is 0 Å². The van der Waals surface area contributed by atoms with E-state index in [0.717, 1.165) is 5.56 Å². The van der Waals surface area contributed by atoms with Gasteiger partial charge in [0, 0.05) is 16.3 Å². The summed E-state index contributed by atoms with van der Waals surface area (Å²) in [6.45, 7) is 1.87. The summed E-state index contributed by atoms with van der Waals surface area (Å²) in [4.78, 5) is 14.5. The average Bonchev–Trinajstić information content (AvgIpc) is 2.60. The van der Waals surface area contributed by atoms with Crippen LogP contribution in [0.5, 0.6) is 5.75 Å². The summed E-state index contributed by atoms with van der Waals surface area (Å²) >= 11 is 5.92. The second-order valence-corrected chi connectivity index (χ2v) is 6.18. The molecule has 0 saturated heterocycles. The van der Waals surface area contributed by atoms with Crippen LogP contribution in [0.4, 0.5) is 4.39 Å². The normalized spacial score (nSPS) is 10.4. The van der Waals surface area contributed by atoms with Crippen molar-refractivity contribution >= 4 is 11.6 Å². The highest BCUT2D eigenvalue weighted by Gasteiger charge is 2.13. The minimum absolute atomic E-state index is 0.0532. The Morgan fingerprint density at radius 2 is 2.04 bits per heavy atom. The van der Waals surface area contributed by atoms with Gasteiger partial charge in [-0.05, 0) is 48.4 Å². The molecule has 3 aromatic rings. The highest BCUT2D eigenvalue weighted by atomic mass is 35.5. The van der Waals surface area contributed by atoms with Gasteiger partial charge >= 0.3 is 0 Å². The number of rotatable bonds is 4. The van der Waals surface area contributed by atoms with Crippen LogP contribution in [0.3, 0.4) is 0 Å². The number of nitrogens with one attached hydrogen (secondary N) is 1. The number of benzene rings is 2. The number of nitrogens with zero attached hydrogens (tertiary/aromatic N) is 1. The standard InChI is InChI=1S/C20H14ClFN2O2/c1-12-7-16(17(10-23)20(25)24-12)14-5-6-19(18(22)9-14)26-11-13-3-2-4-15(21)8-13/h2-9H,11H2,1H3,(H,24,25). The van der Waals surface area contributed by atoms with Crippen molar-refractivity contribution in [1.82, 2.24) is 4.98 Å². The fraction of sp³-hybridized carbons (Fsp3) is 0.100. The van der Waals surface area contributed by atoms with Crippen LogP contribution < -0.4 is 10.3 Å². The molecule has 26 heavy (non-hydrogen) atoms.